The molecule has 1 unspecified atom stereocenters. The van der Waals surface area contributed by atoms with Crippen molar-refractivity contribution in [3.63, 3.8) is 0 Å². The van der Waals surface area contributed by atoms with Gasteiger partial charge in [-0.25, -0.2) is 0 Å². The standard InChI is InChI=1S/C16H18N2/c1-16(2)10-12-6-3-4-8-14(12)15(18-16)13-7-5-9-17-11-13/h3-9,11,15,18H,10H2,1-2H3. The third-order valence-corrected chi connectivity index (χ3v) is 3.55. The minimum absolute atomic E-state index is 0.120. The van der Waals surface area contributed by atoms with Gasteiger partial charge in [-0.1, -0.05) is 30.3 Å². The Morgan fingerprint density at radius 1 is 1.17 bits per heavy atom. The predicted octanol–water partition coefficient (Wildman–Crippen LogP) is 3.10. The molecule has 2 heterocycles. The van der Waals surface area contributed by atoms with E-state index in [1.165, 1.54) is 16.7 Å². The first-order valence-corrected chi connectivity index (χ1v) is 6.41. The van der Waals surface area contributed by atoms with Gasteiger partial charge in [-0.2, -0.15) is 0 Å². The second kappa shape index (κ2) is 4.21. The summed E-state index contributed by atoms with van der Waals surface area (Å²) < 4.78 is 0. The number of rotatable bonds is 1. The molecule has 18 heavy (non-hydrogen) atoms. The first-order valence-electron chi connectivity index (χ1n) is 6.41. The zero-order valence-corrected chi connectivity index (χ0v) is 10.9. The molecule has 0 saturated heterocycles. The lowest BCUT2D eigenvalue weighted by Gasteiger charge is -2.39. The van der Waals surface area contributed by atoms with E-state index in [2.05, 4.69) is 54.5 Å². The average Bonchev–Trinajstić information content (AvgIpc) is 2.38. The monoisotopic (exact) mass is 238 g/mol. The summed E-state index contributed by atoms with van der Waals surface area (Å²) in [5.41, 5.74) is 4.17. The molecule has 2 aromatic rings. The number of nitrogens with one attached hydrogen (secondary N) is 1. The maximum absolute atomic E-state index is 4.24. The summed E-state index contributed by atoms with van der Waals surface area (Å²) >= 11 is 0. The summed E-state index contributed by atoms with van der Waals surface area (Å²) in [5, 5.41) is 3.73. The molecule has 1 aromatic carbocycles. The fourth-order valence-corrected chi connectivity index (χ4v) is 2.78. The SMILES string of the molecule is CC1(C)Cc2ccccc2C(c2cccnc2)N1. The van der Waals surface area contributed by atoms with Crippen molar-refractivity contribution in [1.82, 2.24) is 10.3 Å². The lowest BCUT2D eigenvalue weighted by atomic mass is 9.82. The molecule has 0 fully saturated rings. The van der Waals surface area contributed by atoms with Crippen LogP contribution in [0.5, 0.6) is 0 Å². The van der Waals surface area contributed by atoms with E-state index >= 15 is 0 Å². The average molecular weight is 238 g/mol. The number of pyridine rings is 1. The number of benzene rings is 1. The molecule has 0 radical (unpaired) electrons. The molecule has 0 aliphatic carbocycles. The lowest BCUT2D eigenvalue weighted by molar-refractivity contribution is 0.333. The van der Waals surface area contributed by atoms with E-state index in [4.69, 9.17) is 0 Å². The fraction of sp³-hybridized carbons (Fsp3) is 0.312. The van der Waals surface area contributed by atoms with Crippen molar-refractivity contribution in [3.8, 4) is 0 Å². The highest BCUT2D eigenvalue weighted by Gasteiger charge is 2.31. The van der Waals surface area contributed by atoms with Crippen molar-refractivity contribution in [2.45, 2.75) is 31.8 Å². The largest absolute Gasteiger partial charge is 0.301 e. The van der Waals surface area contributed by atoms with Crippen LogP contribution in [-0.2, 0) is 6.42 Å². The topological polar surface area (TPSA) is 24.9 Å². The van der Waals surface area contributed by atoms with Crippen molar-refractivity contribution < 1.29 is 0 Å². The predicted molar refractivity (Wildman–Crippen MR) is 73.4 cm³/mol. The van der Waals surface area contributed by atoms with Crippen molar-refractivity contribution in [2.75, 3.05) is 0 Å². The van der Waals surface area contributed by atoms with E-state index in [0.29, 0.717) is 0 Å². The summed E-state index contributed by atoms with van der Waals surface area (Å²) in [6.45, 7) is 4.51. The van der Waals surface area contributed by atoms with Gasteiger partial charge < -0.3 is 5.32 Å². The van der Waals surface area contributed by atoms with Crippen LogP contribution in [0.1, 0.15) is 36.6 Å². The van der Waals surface area contributed by atoms with Crippen LogP contribution in [0.2, 0.25) is 0 Å². The number of hydrogen-bond donors (Lipinski definition) is 1. The Hall–Kier alpha value is -1.67. The summed E-state index contributed by atoms with van der Waals surface area (Å²) in [6, 6.07) is 13.1. The Kier molecular flexibility index (Phi) is 2.67. The third-order valence-electron chi connectivity index (χ3n) is 3.55. The number of aromatic nitrogens is 1. The number of hydrogen-bond acceptors (Lipinski definition) is 2. The van der Waals surface area contributed by atoms with Crippen LogP contribution in [0.25, 0.3) is 0 Å². The molecule has 1 N–H and O–H groups in total. The molecule has 1 aliphatic heterocycles. The Morgan fingerprint density at radius 3 is 2.78 bits per heavy atom. The minimum atomic E-state index is 0.120. The van der Waals surface area contributed by atoms with Gasteiger partial charge in [-0.05, 0) is 43.0 Å². The summed E-state index contributed by atoms with van der Waals surface area (Å²) in [7, 11) is 0. The Bertz CT molecular complexity index is 546. The molecule has 0 saturated carbocycles. The van der Waals surface area contributed by atoms with Gasteiger partial charge in [0, 0.05) is 17.9 Å². The van der Waals surface area contributed by atoms with Crippen molar-refractivity contribution >= 4 is 0 Å². The number of fused-ring (bicyclic) bond motifs is 1. The maximum Gasteiger partial charge on any atom is 0.0598 e. The van der Waals surface area contributed by atoms with E-state index in [1.807, 2.05) is 18.5 Å². The molecule has 3 rings (SSSR count). The van der Waals surface area contributed by atoms with Crippen molar-refractivity contribution in [1.29, 1.82) is 0 Å². The van der Waals surface area contributed by atoms with E-state index in [-0.39, 0.29) is 11.6 Å². The number of nitrogens with zero attached hydrogens (tertiary/aromatic N) is 1. The van der Waals surface area contributed by atoms with Crippen molar-refractivity contribution in [3.05, 3.63) is 65.5 Å². The summed E-state index contributed by atoms with van der Waals surface area (Å²) in [5.74, 6) is 0. The molecule has 1 aliphatic rings. The second-order valence-electron chi connectivity index (χ2n) is 5.62. The van der Waals surface area contributed by atoms with Gasteiger partial charge in [0.15, 0.2) is 0 Å². The molecule has 2 heteroatoms. The van der Waals surface area contributed by atoms with Crippen LogP contribution >= 0.6 is 0 Å². The normalized spacial score (nSPS) is 21.3. The summed E-state index contributed by atoms with van der Waals surface area (Å²) in [4.78, 5) is 4.24. The Balaban J connectivity index is 2.10. The van der Waals surface area contributed by atoms with Gasteiger partial charge in [0.2, 0.25) is 0 Å². The van der Waals surface area contributed by atoms with Gasteiger partial charge in [0.25, 0.3) is 0 Å². The molecule has 92 valence electrons. The molecule has 0 amide bonds. The van der Waals surface area contributed by atoms with Crippen LogP contribution < -0.4 is 5.32 Å². The van der Waals surface area contributed by atoms with Gasteiger partial charge in [0.1, 0.15) is 0 Å². The fourth-order valence-electron chi connectivity index (χ4n) is 2.78. The van der Waals surface area contributed by atoms with Crippen LogP contribution in [0.4, 0.5) is 0 Å². The highest BCUT2D eigenvalue weighted by atomic mass is 15.0. The Morgan fingerprint density at radius 2 is 2.00 bits per heavy atom. The summed E-state index contributed by atoms with van der Waals surface area (Å²) in [6.07, 6.45) is 4.85. The van der Waals surface area contributed by atoms with E-state index in [1.54, 1.807) is 0 Å². The molecular formula is C16H18N2. The zero-order chi connectivity index (χ0) is 12.6. The molecule has 1 aromatic heterocycles. The van der Waals surface area contributed by atoms with E-state index in [0.717, 1.165) is 6.42 Å². The molecular weight excluding hydrogens is 220 g/mol. The molecule has 0 spiro atoms. The molecule has 0 bridgehead atoms. The maximum atomic E-state index is 4.24. The van der Waals surface area contributed by atoms with Crippen LogP contribution in [0.3, 0.4) is 0 Å². The van der Waals surface area contributed by atoms with Gasteiger partial charge in [0.05, 0.1) is 6.04 Å². The third kappa shape index (κ3) is 2.04. The van der Waals surface area contributed by atoms with E-state index in [9.17, 15) is 0 Å². The first kappa shape index (κ1) is 11.4. The van der Waals surface area contributed by atoms with Gasteiger partial charge in [-0.3, -0.25) is 4.98 Å². The minimum Gasteiger partial charge on any atom is -0.301 e. The first-order chi connectivity index (χ1) is 8.66. The second-order valence-corrected chi connectivity index (χ2v) is 5.62. The van der Waals surface area contributed by atoms with Crippen molar-refractivity contribution in [2.24, 2.45) is 0 Å². The molecule has 2 nitrogen and oxygen atoms in total. The highest BCUT2D eigenvalue weighted by molar-refractivity contribution is 5.40. The quantitative estimate of drug-likeness (QED) is 0.825. The smallest absolute Gasteiger partial charge is 0.0598 e. The Labute approximate surface area is 108 Å². The highest BCUT2D eigenvalue weighted by Crippen LogP contribution is 2.33. The zero-order valence-electron chi connectivity index (χ0n) is 10.9. The van der Waals surface area contributed by atoms with Crippen LogP contribution in [-0.4, -0.2) is 10.5 Å². The van der Waals surface area contributed by atoms with E-state index < -0.39 is 0 Å². The van der Waals surface area contributed by atoms with Crippen LogP contribution in [0.15, 0.2) is 48.8 Å². The molecule has 1 atom stereocenters. The van der Waals surface area contributed by atoms with Gasteiger partial charge in [-0.15, -0.1) is 0 Å². The van der Waals surface area contributed by atoms with Gasteiger partial charge >= 0.3 is 0 Å². The van der Waals surface area contributed by atoms with Crippen LogP contribution in [0, 0.1) is 0 Å². The lowest BCUT2D eigenvalue weighted by Crippen LogP contribution is -2.47.